The number of hydrogen-bond acceptors (Lipinski definition) is 2. The van der Waals surface area contributed by atoms with E-state index in [1.165, 1.54) is 0 Å². The molecule has 2 radical (unpaired) electrons. The third-order valence-electron chi connectivity index (χ3n) is 1.28. The van der Waals surface area contributed by atoms with E-state index >= 15 is 0 Å². The van der Waals surface area contributed by atoms with Crippen LogP contribution in [0.4, 0.5) is 16.2 Å². The highest BCUT2D eigenvalue weighted by molar-refractivity contribution is 6.16. The number of benzene rings is 1. The first-order valence-electron chi connectivity index (χ1n) is 3.35. The summed E-state index contributed by atoms with van der Waals surface area (Å²) in [5.74, 6) is 0. The summed E-state index contributed by atoms with van der Waals surface area (Å²) in [6.07, 6.45) is 0. The van der Waals surface area contributed by atoms with Crippen molar-refractivity contribution in [3.8, 4) is 0 Å². The molecule has 0 heterocycles. The van der Waals surface area contributed by atoms with Gasteiger partial charge in [0.25, 0.3) is 0 Å². The highest BCUT2D eigenvalue weighted by Gasteiger charge is 1.96. The third-order valence-corrected chi connectivity index (χ3v) is 1.28. The van der Waals surface area contributed by atoms with E-state index in [0.717, 1.165) is 0 Å². The van der Waals surface area contributed by atoms with Crippen molar-refractivity contribution in [1.29, 1.82) is 0 Å². The molecule has 0 aliphatic carbocycles. The molecule has 0 bridgehead atoms. The summed E-state index contributed by atoms with van der Waals surface area (Å²) in [6.45, 7) is 0. The van der Waals surface area contributed by atoms with E-state index in [2.05, 4.69) is 5.32 Å². The van der Waals surface area contributed by atoms with E-state index in [0.29, 0.717) is 11.4 Å². The van der Waals surface area contributed by atoms with Crippen molar-refractivity contribution < 1.29 is 4.79 Å². The zero-order valence-corrected chi connectivity index (χ0v) is 6.37. The van der Waals surface area contributed by atoms with E-state index in [-0.39, 0.29) is 0 Å². The van der Waals surface area contributed by atoms with Crippen LogP contribution in [0.3, 0.4) is 0 Å². The van der Waals surface area contributed by atoms with Gasteiger partial charge in [-0.15, -0.1) is 0 Å². The molecule has 60 valence electrons. The Morgan fingerprint density at radius 1 is 1.50 bits per heavy atom. The summed E-state index contributed by atoms with van der Waals surface area (Å²) in [4.78, 5) is 10.7. The molecule has 0 unspecified atom stereocenters. The number of nitrogens with two attached hydrogens (primary N) is 1. The first kappa shape index (κ1) is 8.45. The lowest BCUT2D eigenvalue weighted by atomic mass is 10.3. The van der Waals surface area contributed by atoms with Crippen LogP contribution in [0.1, 0.15) is 0 Å². The standard InChI is InChI=1S/C7H8BN3O/c8-11-7(12)10-6-3-1-2-5(9)4-6/h1-4H,9H2,(H2,10,11,12). The van der Waals surface area contributed by atoms with Gasteiger partial charge in [-0.25, -0.2) is 4.79 Å². The number of anilines is 2. The van der Waals surface area contributed by atoms with Crippen molar-refractivity contribution in [3.63, 3.8) is 0 Å². The molecular formula is C7H8BN3O. The molecular weight excluding hydrogens is 153 g/mol. The predicted octanol–water partition coefficient (Wildman–Crippen LogP) is 0.474. The summed E-state index contributed by atoms with van der Waals surface area (Å²) in [6, 6.07) is 6.34. The molecule has 0 aliphatic rings. The van der Waals surface area contributed by atoms with Crippen molar-refractivity contribution in [2.24, 2.45) is 0 Å². The van der Waals surface area contributed by atoms with Gasteiger partial charge in [-0.1, -0.05) is 6.07 Å². The Morgan fingerprint density at radius 3 is 2.83 bits per heavy atom. The zero-order chi connectivity index (χ0) is 8.97. The Morgan fingerprint density at radius 2 is 2.25 bits per heavy atom. The Kier molecular flexibility index (Phi) is 2.58. The van der Waals surface area contributed by atoms with Crippen molar-refractivity contribution >= 4 is 25.4 Å². The minimum Gasteiger partial charge on any atom is -0.399 e. The lowest BCUT2D eigenvalue weighted by Crippen LogP contribution is -2.25. The van der Waals surface area contributed by atoms with Gasteiger partial charge in [-0.2, -0.15) is 0 Å². The van der Waals surface area contributed by atoms with Crippen LogP contribution >= 0.6 is 0 Å². The highest BCUT2D eigenvalue weighted by Crippen LogP contribution is 2.10. The fourth-order valence-electron chi connectivity index (χ4n) is 0.784. The van der Waals surface area contributed by atoms with Crippen molar-refractivity contribution in [2.75, 3.05) is 11.1 Å². The molecule has 12 heavy (non-hydrogen) atoms. The van der Waals surface area contributed by atoms with Gasteiger partial charge in [0, 0.05) is 11.4 Å². The predicted molar refractivity (Wildman–Crippen MR) is 48.8 cm³/mol. The average molecular weight is 161 g/mol. The monoisotopic (exact) mass is 161 g/mol. The van der Waals surface area contributed by atoms with Gasteiger partial charge in [-0.05, 0) is 18.2 Å². The lowest BCUT2D eigenvalue weighted by molar-refractivity contribution is 0.257. The SMILES string of the molecule is [B]NC(=O)Nc1cccc(N)c1. The topological polar surface area (TPSA) is 67.2 Å². The summed E-state index contributed by atoms with van der Waals surface area (Å²) < 4.78 is 0. The lowest BCUT2D eigenvalue weighted by Gasteiger charge is -2.04. The number of rotatable bonds is 1. The molecule has 1 rings (SSSR count). The first-order chi connectivity index (χ1) is 5.72. The minimum absolute atomic E-state index is 0.472. The molecule has 1 aromatic rings. The van der Waals surface area contributed by atoms with E-state index in [1.54, 1.807) is 24.3 Å². The van der Waals surface area contributed by atoms with Crippen LogP contribution in [0.25, 0.3) is 0 Å². The van der Waals surface area contributed by atoms with Crippen LogP contribution in [0, 0.1) is 0 Å². The molecule has 1 aromatic carbocycles. The molecule has 0 aliphatic heterocycles. The van der Waals surface area contributed by atoms with E-state index < -0.39 is 6.03 Å². The average Bonchev–Trinajstić information content (AvgIpc) is 2.04. The fourth-order valence-corrected chi connectivity index (χ4v) is 0.784. The Balaban J connectivity index is 2.69. The van der Waals surface area contributed by atoms with Gasteiger partial charge in [0.05, 0.1) is 0 Å². The molecule has 0 saturated carbocycles. The number of carbonyl (C=O) groups is 1. The van der Waals surface area contributed by atoms with E-state index in [1.807, 2.05) is 5.23 Å². The summed E-state index contributed by atoms with van der Waals surface area (Å²) >= 11 is 0. The van der Waals surface area contributed by atoms with Crippen LogP contribution in [0.2, 0.25) is 0 Å². The molecule has 0 fully saturated rings. The number of hydrogen-bond donors (Lipinski definition) is 3. The second kappa shape index (κ2) is 3.66. The quantitative estimate of drug-likeness (QED) is 0.414. The summed E-state index contributed by atoms with van der Waals surface area (Å²) in [7, 11) is 4.86. The maximum absolute atomic E-state index is 10.7. The van der Waals surface area contributed by atoms with Gasteiger partial charge in [-0.3, -0.25) is 0 Å². The number of nitrogens with one attached hydrogen (secondary N) is 2. The Bertz CT molecular complexity index is 290. The van der Waals surface area contributed by atoms with Gasteiger partial charge in [0.15, 0.2) is 0 Å². The van der Waals surface area contributed by atoms with Crippen LogP contribution in [0.15, 0.2) is 24.3 Å². The summed E-state index contributed by atoms with van der Waals surface area (Å²) in [5.41, 5.74) is 6.67. The number of carbonyl (C=O) groups excluding carboxylic acids is 1. The van der Waals surface area contributed by atoms with E-state index in [4.69, 9.17) is 13.7 Å². The fraction of sp³-hybridized carbons (Fsp3) is 0. The van der Waals surface area contributed by atoms with E-state index in [9.17, 15) is 4.79 Å². The molecule has 4 nitrogen and oxygen atoms in total. The number of nitrogen functional groups attached to an aromatic ring is 1. The maximum atomic E-state index is 10.7. The van der Waals surface area contributed by atoms with Gasteiger partial charge < -0.3 is 16.3 Å². The molecule has 0 aromatic heterocycles. The van der Waals surface area contributed by atoms with Crippen LogP contribution in [0.5, 0.6) is 0 Å². The molecule has 0 spiro atoms. The van der Waals surface area contributed by atoms with Gasteiger partial charge >= 0.3 is 6.03 Å². The molecule has 4 N–H and O–H groups in total. The minimum atomic E-state index is -0.472. The van der Waals surface area contributed by atoms with Crippen molar-refractivity contribution in [2.45, 2.75) is 0 Å². The van der Waals surface area contributed by atoms with Crippen molar-refractivity contribution in [3.05, 3.63) is 24.3 Å². The first-order valence-corrected chi connectivity index (χ1v) is 3.35. The second-order valence-corrected chi connectivity index (χ2v) is 2.22. The van der Waals surface area contributed by atoms with Crippen LogP contribution in [-0.4, -0.2) is 14.0 Å². The Labute approximate surface area is 71.6 Å². The zero-order valence-electron chi connectivity index (χ0n) is 6.37. The third kappa shape index (κ3) is 2.19. The molecule has 0 atom stereocenters. The van der Waals surface area contributed by atoms with Crippen LogP contribution in [-0.2, 0) is 0 Å². The highest BCUT2D eigenvalue weighted by atomic mass is 16.2. The van der Waals surface area contributed by atoms with Crippen molar-refractivity contribution in [1.82, 2.24) is 5.23 Å². The van der Waals surface area contributed by atoms with Gasteiger partial charge in [0.1, 0.15) is 0 Å². The Hall–Kier alpha value is -1.65. The largest absolute Gasteiger partial charge is 0.399 e. The number of urea groups is 1. The molecule has 0 saturated heterocycles. The molecule has 2 amide bonds. The second-order valence-electron chi connectivity index (χ2n) is 2.22. The smallest absolute Gasteiger partial charge is 0.306 e. The van der Waals surface area contributed by atoms with Crippen LogP contribution < -0.4 is 16.3 Å². The molecule has 5 heteroatoms. The number of amides is 2. The summed E-state index contributed by atoms with van der Waals surface area (Å²) in [5, 5.41) is 4.42. The van der Waals surface area contributed by atoms with Gasteiger partial charge in [0.2, 0.25) is 7.98 Å². The normalized spacial score (nSPS) is 9.00. The maximum Gasteiger partial charge on any atom is 0.306 e.